The van der Waals surface area contributed by atoms with Crippen LogP contribution < -0.4 is 14.8 Å². The van der Waals surface area contributed by atoms with Crippen LogP contribution in [0.25, 0.3) is 0 Å². The minimum atomic E-state index is 0.504. The van der Waals surface area contributed by atoms with E-state index in [9.17, 15) is 0 Å². The van der Waals surface area contributed by atoms with E-state index in [-0.39, 0.29) is 0 Å². The van der Waals surface area contributed by atoms with Crippen LogP contribution in [0.15, 0.2) is 12.1 Å². The van der Waals surface area contributed by atoms with Crippen LogP contribution in [0, 0.1) is 5.92 Å². The lowest BCUT2D eigenvalue weighted by Gasteiger charge is -2.43. The first-order valence-corrected chi connectivity index (χ1v) is 6.90. The largest absolute Gasteiger partial charge is 0.493 e. The standard InChI is InChI=1S/C15H22N2O2/c1-17-5-4-10-6-13(18-2)14(19-3)7-12(10)15(17)11-8-16-9-11/h6-7,11,15-16H,4-5,8-9H2,1-3H3. The topological polar surface area (TPSA) is 33.7 Å². The van der Waals surface area contributed by atoms with Crippen LogP contribution >= 0.6 is 0 Å². The number of rotatable bonds is 3. The van der Waals surface area contributed by atoms with Crippen LogP contribution in [0.4, 0.5) is 0 Å². The molecular formula is C15H22N2O2. The zero-order valence-corrected chi connectivity index (χ0v) is 11.9. The molecule has 4 nitrogen and oxygen atoms in total. The Bertz CT molecular complexity index is 471. The number of benzene rings is 1. The van der Waals surface area contributed by atoms with Gasteiger partial charge in [0.25, 0.3) is 0 Å². The van der Waals surface area contributed by atoms with Crippen LogP contribution in [-0.4, -0.2) is 45.8 Å². The Morgan fingerprint density at radius 1 is 1.16 bits per heavy atom. The van der Waals surface area contributed by atoms with Gasteiger partial charge in [-0.05, 0) is 36.7 Å². The lowest BCUT2D eigenvalue weighted by molar-refractivity contribution is 0.125. The van der Waals surface area contributed by atoms with E-state index in [1.807, 2.05) is 0 Å². The predicted molar refractivity (Wildman–Crippen MR) is 75.0 cm³/mol. The van der Waals surface area contributed by atoms with Gasteiger partial charge >= 0.3 is 0 Å². The number of fused-ring (bicyclic) bond motifs is 1. The van der Waals surface area contributed by atoms with Crippen molar-refractivity contribution in [1.82, 2.24) is 10.2 Å². The lowest BCUT2D eigenvalue weighted by atomic mass is 9.82. The second-order valence-electron chi connectivity index (χ2n) is 5.50. The van der Waals surface area contributed by atoms with Gasteiger partial charge in [-0.3, -0.25) is 4.90 Å². The van der Waals surface area contributed by atoms with E-state index in [1.165, 1.54) is 11.1 Å². The van der Waals surface area contributed by atoms with Crippen molar-refractivity contribution < 1.29 is 9.47 Å². The summed E-state index contributed by atoms with van der Waals surface area (Å²) in [4.78, 5) is 2.47. The van der Waals surface area contributed by atoms with E-state index in [0.29, 0.717) is 12.0 Å². The zero-order chi connectivity index (χ0) is 13.4. The molecule has 0 aromatic heterocycles. The van der Waals surface area contributed by atoms with Gasteiger partial charge in [0.2, 0.25) is 0 Å². The molecule has 1 unspecified atom stereocenters. The van der Waals surface area contributed by atoms with E-state index in [2.05, 4.69) is 29.4 Å². The molecule has 2 aliphatic heterocycles. The first-order valence-electron chi connectivity index (χ1n) is 6.90. The number of nitrogens with zero attached hydrogens (tertiary/aromatic N) is 1. The zero-order valence-electron chi connectivity index (χ0n) is 11.9. The number of likely N-dealkylation sites (N-methyl/N-ethyl adjacent to an activating group) is 1. The fourth-order valence-electron chi connectivity index (χ4n) is 3.25. The number of ether oxygens (including phenoxy) is 2. The quantitative estimate of drug-likeness (QED) is 0.894. The molecule has 1 saturated heterocycles. The van der Waals surface area contributed by atoms with Crippen molar-refractivity contribution in [2.24, 2.45) is 5.92 Å². The molecule has 1 fully saturated rings. The SMILES string of the molecule is COc1cc2c(cc1OC)C(C1CNC1)N(C)CC2. The van der Waals surface area contributed by atoms with Crippen molar-refractivity contribution in [2.75, 3.05) is 40.9 Å². The van der Waals surface area contributed by atoms with Gasteiger partial charge in [0.1, 0.15) is 0 Å². The van der Waals surface area contributed by atoms with Crippen molar-refractivity contribution in [3.8, 4) is 11.5 Å². The second-order valence-corrected chi connectivity index (χ2v) is 5.50. The summed E-state index contributed by atoms with van der Waals surface area (Å²) in [6.07, 6.45) is 1.09. The van der Waals surface area contributed by atoms with Gasteiger partial charge in [-0.2, -0.15) is 0 Å². The van der Waals surface area contributed by atoms with Gasteiger partial charge in [-0.25, -0.2) is 0 Å². The van der Waals surface area contributed by atoms with Crippen molar-refractivity contribution >= 4 is 0 Å². The van der Waals surface area contributed by atoms with E-state index in [4.69, 9.17) is 9.47 Å². The molecule has 0 radical (unpaired) electrons. The average Bonchev–Trinajstić information content (AvgIpc) is 2.38. The van der Waals surface area contributed by atoms with Gasteiger partial charge < -0.3 is 14.8 Å². The molecule has 0 aliphatic carbocycles. The van der Waals surface area contributed by atoms with Gasteiger partial charge in [0.15, 0.2) is 11.5 Å². The molecule has 1 N–H and O–H groups in total. The smallest absolute Gasteiger partial charge is 0.161 e. The molecule has 104 valence electrons. The third-order valence-corrected chi connectivity index (χ3v) is 4.43. The Morgan fingerprint density at radius 2 is 1.84 bits per heavy atom. The predicted octanol–water partition coefficient (Wildman–Crippen LogP) is 1.45. The monoisotopic (exact) mass is 262 g/mol. The van der Waals surface area contributed by atoms with Gasteiger partial charge in [-0.15, -0.1) is 0 Å². The van der Waals surface area contributed by atoms with Crippen LogP contribution in [0.3, 0.4) is 0 Å². The van der Waals surface area contributed by atoms with E-state index in [0.717, 1.165) is 37.6 Å². The molecule has 1 aromatic rings. The molecule has 0 amide bonds. The van der Waals surface area contributed by atoms with E-state index < -0.39 is 0 Å². The lowest BCUT2D eigenvalue weighted by Crippen LogP contribution is -2.51. The highest BCUT2D eigenvalue weighted by Crippen LogP contribution is 2.41. The molecule has 0 spiro atoms. The molecule has 1 aromatic carbocycles. The maximum atomic E-state index is 5.46. The second kappa shape index (κ2) is 5.02. The van der Waals surface area contributed by atoms with Crippen LogP contribution in [0.2, 0.25) is 0 Å². The maximum Gasteiger partial charge on any atom is 0.161 e. The van der Waals surface area contributed by atoms with Gasteiger partial charge in [0.05, 0.1) is 14.2 Å². The van der Waals surface area contributed by atoms with Gasteiger partial charge in [0, 0.05) is 31.6 Å². The first kappa shape index (κ1) is 12.8. The Morgan fingerprint density at radius 3 is 2.42 bits per heavy atom. The molecule has 0 saturated carbocycles. The van der Waals surface area contributed by atoms with Crippen LogP contribution in [-0.2, 0) is 6.42 Å². The normalized spacial score (nSPS) is 23.6. The maximum absolute atomic E-state index is 5.46. The Hall–Kier alpha value is -1.26. The summed E-state index contributed by atoms with van der Waals surface area (Å²) in [6, 6.07) is 4.83. The average molecular weight is 262 g/mol. The summed E-state index contributed by atoms with van der Waals surface area (Å²) < 4.78 is 10.9. The Kier molecular flexibility index (Phi) is 3.37. The van der Waals surface area contributed by atoms with E-state index in [1.54, 1.807) is 14.2 Å². The molecule has 0 bridgehead atoms. The fraction of sp³-hybridized carbons (Fsp3) is 0.600. The molecule has 2 heterocycles. The van der Waals surface area contributed by atoms with Crippen molar-refractivity contribution in [2.45, 2.75) is 12.5 Å². The summed E-state index contributed by atoms with van der Waals surface area (Å²) in [5.74, 6) is 2.40. The van der Waals surface area contributed by atoms with Crippen LogP contribution in [0.1, 0.15) is 17.2 Å². The van der Waals surface area contributed by atoms with Crippen molar-refractivity contribution in [3.63, 3.8) is 0 Å². The van der Waals surface area contributed by atoms with Crippen molar-refractivity contribution in [1.29, 1.82) is 0 Å². The highest BCUT2D eigenvalue weighted by molar-refractivity contribution is 5.49. The fourth-order valence-corrected chi connectivity index (χ4v) is 3.25. The van der Waals surface area contributed by atoms with Gasteiger partial charge in [-0.1, -0.05) is 0 Å². The minimum Gasteiger partial charge on any atom is -0.493 e. The Balaban J connectivity index is 2.03. The molecule has 19 heavy (non-hydrogen) atoms. The number of hydrogen-bond acceptors (Lipinski definition) is 4. The highest BCUT2D eigenvalue weighted by Gasteiger charge is 2.35. The number of nitrogens with one attached hydrogen (secondary N) is 1. The summed E-state index contributed by atoms with van der Waals surface area (Å²) in [7, 11) is 5.63. The summed E-state index contributed by atoms with van der Waals surface area (Å²) >= 11 is 0. The molecule has 4 heteroatoms. The third kappa shape index (κ3) is 2.09. The molecule has 3 rings (SSSR count). The first-order chi connectivity index (χ1) is 9.24. The molecule has 2 aliphatic rings. The summed E-state index contributed by atoms with van der Waals surface area (Å²) in [6.45, 7) is 3.34. The number of hydrogen-bond donors (Lipinski definition) is 1. The van der Waals surface area contributed by atoms with E-state index >= 15 is 0 Å². The molecule has 1 atom stereocenters. The Labute approximate surface area is 114 Å². The number of methoxy groups -OCH3 is 2. The highest BCUT2D eigenvalue weighted by atomic mass is 16.5. The molecular weight excluding hydrogens is 240 g/mol. The summed E-state index contributed by atoms with van der Waals surface area (Å²) in [5, 5.41) is 3.38. The van der Waals surface area contributed by atoms with Crippen LogP contribution in [0.5, 0.6) is 11.5 Å². The third-order valence-electron chi connectivity index (χ3n) is 4.43. The minimum absolute atomic E-state index is 0.504. The summed E-state index contributed by atoms with van der Waals surface area (Å²) in [5.41, 5.74) is 2.82. The van der Waals surface area contributed by atoms with Crippen molar-refractivity contribution in [3.05, 3.63) is 23.3 Å².